The van der Waals surface area contributed by atoms with Crippen molar-refractivity contribution in [1.29, 1.82) is 0 Å². The molecule has 1 saturated heterocycles. The predicted octanol–water partition coefficient (Wildman–Crippen LogP) is 4.04. The number of aryl methyl sites for hydroxylation is 1. The Labute approximate surface area is 204 Å². The van der Waals surface area contributed by atoms with Crippen molar-refractivity contribution in [2.45, 2.75) is 20.0 Å². The first-order valence-electron chi connectivity index (χ1n) is 11.6. The van der Waals surface area contributed by atoms with Gasteiger partial charge in [-0.2, -0.15) is 0 Å². The van der Waals surface area contributed by atoms with Crippen LogP contribution >= 0.6 is 0 Å². The minimum absolute atomic E-state index is 0.432. The molecule has 4 aromatic rings. The Morgan fingerprint density at radius 3 is 2.34 bits per heavy atom. The molecular formula is C26H29N5O4. The maximum absolute atomic E-state index is 6.04. The molecule has 1 aliphatic heterocycles. The molecule has 0 radical (unpaired) electrons. The topological polar surface area (TPSA) is 89.9 Å². The fraction of sp³-hybridized carbons (Fsp3) is 0.346. The van der Waals surface area contributed by atoms with Crippen molar-refractivity contribution in [2.75, 3.05) is 40.4 Å². The second-order valence-corrected chi connectivity index (χ2v) is 8.56. The van der Waals surface area contributed by atoms with Crippen LogP contribution in [0.4, 0.5) is 0 Å². The van der Waals surface area contributed by atoms with E-state index in [0.29, 0.717) is 29.8 Å². The summed E-state index contributed by atoms with van der Waals surface area (Å²) in [4.78, 5) is 4.74. The van der Waals surface area contributed by atoms with Gasteiger partial charge in [-0.25, -0.2) is 0 Å². The van der Waals surface area contributed by atoms with Crippen LogP contribution in [0.25, 0.3) is 22.7 Å². The zero-order valence-corrected chi connectivity index (χ0v) is 20.2. The number of rotatable bonds is 8. The second kappa shape index (κ2) is 10.3. The zero-order valence-electron chi connectivity index (χ0n) is 20.2. The van der Waals surface area contributed by atoms with Crippen LogP contribution in [0.3, 0.4) is 0 Å². The van der Waals surface area contributed by atoms with E-state index in [4.69, 9.17) is 18.4 Å². The van der Waals surface area contributed by atoms with Crippen LogP contribution in [0.15, 0.2) is 57.5 Å². The van der Waals surface area contributed by atoms with Crippen LogP contribution < -0.4 is 9.47 Å². The lowest BCUT2D eigenvalue weighted by atomic mass is 10.1. The van der Waals surface area contributed by atoms with E-state index < -0.39 is 0 Å². The van der Waals surface area contributed by atoms with E-state index in [9.17, 15) is 0 Å². The lowest BCUT2D eigenvalue weighted by Gasteiger charge is -2.34. The van der Waals surface area contributed by atoms with E-state index in [1.807, 2.05) is 55.5 Å². The molecule has 0 N–H and O–H groups in total. The SMILES string of the molecule is COc1ccc(OC)c(CN2CCN(Cc3nnc(-c4c(-c5ccccc5)noc4C)o3)CC2)c1. The van der Waals surface area contributed by atoms with Crippen molar-refractivity contribution in [2.24, 2.45) is 0 Å². The number of hydrogen-bond acceptors (Lipinski definition) is 9. The Bertz CT molecular complexity index is 1260. The predicted molar refractivity (Wildman–Crippen MR) is 130 cm³/mol. The third-order valence-corrected chi connectivity index (χ3v) is 6.30. The highest BCUT2D eigenvalue weighted by atomic mass is 16.5. The molecule has 0 spiro atoms. The van der Waals surface area contributed by atoms with Gasteiger partial charge in [0.05, 0.1) is 20.8 Å². The third kappa shape index (κ3) is 5.06. The van der Waals surface area contributed by atoms with Gasteiger partial charge in [-0.15, -0.1) is 10.2 Å². The molecule has 2 aromatic carbocycles. The number of piperazine rings is 1. The lowest BCUT2D eigenvalue weighted by Crippen LogP contribution is -2.45. The van der Waals surface area contributed by atoms with Gasteiger partial charge < -0.3 is 18.4 Å². The Balaban J connectivity index is 1.22. The summed E-state index contributed by atoms with van der Waals surface area (Å²) in [5, 5.41) is 12.8. The Morgan fingerprint density at radius 2 is 1.63 bits per heavy atom. The Kier molecular flexibility index (Phi) is 6.78. The molecule has 5 rings (SSSR count). The summed E-state index contributed by atoms with van der Waals surface area (Å²) in [7, 11) is 3.38. The average Bonchev–Trinajstić information content (AvgIpc) is 3.51. The van der Waals surface area contributed by atoms with Gasteiger partial charge in [0.2, 0.25) is 5.89 Å². The van der Waals surface area contributed by atoms with Crippen molar-refractivity contribution >= 4 is 0 Å². The molecule has 3 heterocycles. The molecule has 0 atom stereocenters. The number of aromatic nitrogens is 3. The van der Waals surface area contributed by atoms with Crippen molar-refractivity contribution in [1.82, 2.24) is 25.2 Å². The number of nitrogens with zero attached hydrogens (tertiary/aromatic N) is 5. The van der Waals surface area contributed by atoms with Gasteiger partial charge in [-0.3, -0.25) is 9.80 Å². The van der Waals surface area contributed by atoms with Crippen LogP contribution in [0.2, 0.25) is 0 Å². The van der Waals surface area contributed by atoms with E-state index in [2.05, 4.69) is 25.2 Å². The standard InChI is InChI=1S/C26H29N5O4/c1-18-24(25(29-35-18)19-7-5-4-6-8-19)26-28-27-23(34-26)17-31-13-11-30(12-14-31)16-20-15-21(32-2)9-10-22(20)33-3/h4-10,15H,11-14,16-17H2,1-3H3. The molecule has 0 bridgehead atoms. The number of methoxy groups -OCH3 is 2. The van der Waals surface area contributed by atoms with Gasteiger partial charge in [-0.1, -0.05) is 35.5 Å². The first kappa shape index (κ1) is 23.1. The Hall–Kier alpha value is -3.69. The number of hydrogen-bond donors (Lipinski definition) is 0. The van der Waals surface area contributed by atoms with Crippen LogP contribution in [0, 0.1) is 6.92 Å². The molecule has 1 fully saturated rings. The van der Waals surface area contributed by atoms with E-state index in [0.717, 1.165) is 60.9 Å². The third-order valence-electron chi connectivity index (χ3n) is 6.30. The number of ether oxygens (including phenoxy) is 2. The molecule has 0 aliphatic carbocycles. The lowest BCUT2D eigenvalue weighted by molar-refractivity contribution is 0.114. The molecule has 35 heavy (non-hydrogen) atoms. The monoisotopic (exact) mass is 475 g/mol. The highest BCUT2D eigenvalue weighted by Crippen LogP contribution is 2.33. The highest BCUT2D eigenvalue weighted by molar-refractivity contribution is 5.77. The maximum Gasteiger partial charge on any atom is 0.253 e. The van der Waals surface area contributed by atoms with Crippen molar-refractivity contribution in [3.63, 3.8) is 0 Å². The molecule has 2 aromatic heterocycles. The summed E-state index contributed by atoms with van der Waals surface area (Å²) in [5.74, 6) is 3.39. The summed E-state index contributed by atoms with van der Waals surface area (Å²) in [5.41, 5.74) is 3.52. The Morgan fingerprint density at radius 1 is 0.886 bits per heavy atom. The minimum Gasteiger partial charge on any atom is -0.497 e. The van der Waals surface area contributed by atoms with Gasteiger partial charge in [0, 0.05) is 43.9 Å². The molecular weight excluding hydrogens is 446 g/mol. The van der Waals surface area contributed by atoms with Crippen molar-refractivity contribution < 1.29 is 18.4 Å². The summed E-state index contributed by atoms with van der Waals surface area (Å²) in [6.45, 7) is 6.96. The number of benzene rings is 2. The quantitative estimate of drug-likeness (QED) is 0.375. The highest BCUT2D eigenvalue weighted by Gasteiger charge is 2.24. The minimum atomic E-state index is 0.432. The van der Waals surface area contributed by atoms with E-state index >= 15 is 0 Å². The molecule has 9 nitrogen and oxygen atoms in total. The van der Waals surface area contributed by atoms with Crippen molar-refractivity contribution in [3.05, 3.63) is 65.7 Å². The zero-order chi connectivity index (χ0) is 24.2. The first-order chi connectivity index (χ1) is 17.1. The molecule has 0 amide bonds. The van der Waals surface area contributed by atoms with E-state index in [1.54, 1.807) is 14.2 Å². The molecule has 9 heteroatoms. The largest absolute Gasteiger partial charge is 0.497 e. The smallest absolute Gasteiger partial charge is 0.253 e. The van der Waals surface area contributed by atoms with Crippen LogP contribution in [0.1, 0.15) is 17.2 Å². The van der Waals surface area contributed by atoms with Gasteiger partial charge in [0.25, 0.3) is 5.89 Å². The fourth-order valence-corrected chi connectivity index (χ4v) is 4.38. The van der Waals surface area contributed by atoms with Gasteiger partial charge in [0.1, 0.15) is 28.5 Å². The van der Waals surface area contributed by atoms with Gasteiger partial charge in [0.15, 0.2) is 0 Å². The molecule has 1 aliphatic rings. The normalized spacial score (nSPS) is 14.8. The van der Waals surface area contributed by atoms with Crippen molar-refractivity contribution in [3.8, 4) is 34.2 Å². The second-order valence-electron chi connectivity index (χ2n) is 8.56. The van der Waals surface area contributed by atoms with Gasteiger partial charge in [-0.05, 0) is 25.1 Å². The van der Waals surface area contributed by atoms with Gasteiger partial charge >= 0.3 is 0 Å². The fourth-order valence-electron chi connectivity index (χ4n) is 4.38. The molecule has 182 valence electrons. The van der Waals surface area contributed by atoms with Crippen LogP contribution in [0.5, 0.6) is 11.5 Å². The first-order valence-corrected chi connectivity index (χ1v) is 11.6. The molecule has 0 saturated carbocycles. The summed E-state index contributed by atoms with van der Waals surface area (Å²) in [6, 6.07) is 15.8. The maximum atomic E-state index is 6.04. The van der Waals surface area contributed by atoms with E-state index in [1.165, 1.54) is 0 Å². The summed E-state index contributed by atoms with van der Waals surface area (Å²) >= 11 is 0. The van der Waals surface area contributed by atoms with Crippen LogP contribution in [-0.4, -0.2) is 65.6 Å². The van der Waals surface area contributed by atoms with E-state index in [-0.39, 0.29) is 0 Å². The average molecular weight is 476 g/mol. The summed E-state index contributed by atoms with van der Waals surface area (Å²) < 4.78 is 22.4. The molecule has 0 unspecified atom stereocenters. The van der Waals surface area contributed by atoms with Crippen LogP contribution in [-0.2, 0) is 13.1 Å². The summed E-state index contributed by atoms with van der Waals surface area (Å²) in [6.07, 6.45) is 0.